The van der Waals surface area contributed by atoms with Crippen molar-refractivity contribution in [2.45, 2.75) is 59.3 Å². The van der Waals surface area contributed by atoms with Gasteiger partial charge >= 0.3 is 0 Å². The highest BCUT2D eigenvalue weighted by atomic mass is 79.9. The maximum atomic E-state index is 13.7. The van der Waals surface area contributed by atoms with Crippen LogP contribution in [0.3, 0.4) is 0 Å². The highest BCUT2D eigenvalue weighted by Gasteiger charge is 2.46. The van der Waals surface area contributed by atoms with E-state index in [1.807, 2.05) is 6.07 Å². The summed E-state index contributed by atoms with van der Waals surface area (Å²) >= 11 is 15.6. The third kappa shape index (κ3) is 6.12. The van der Waals surface area contributed by atoms with Gasteiger partial charge in [0, 0.05) is 47.0 Å². The predicted octanol–water partition coefficient (Wildman–Crippen LogP) is 7.76. The number of carbonyl (C=O) groups excluding carboxylic acids is 3. The predicted molar refractivity (Wildman–Crippen MR) is 167 cm³/mol. The zero-order valence-electron chi connectivity index (χ0n) is 24.2. The van der Waals surface area contributed by atoms with Gasteiger partial charge in [-0.1, -0.05) is 50.9 Å². The maximum absolute atomic E-state index is 13.7. The molecule has 0 spiro atoms. The topological polar surface area (TPSA) is 93.7 Å². The number of Topliss-reactive ketones (excluding diaryl/α,β-unsaturated/α-hetero) is 2. The molecule has 0 aromatic heterocycles. The standard InChI is InChI=1S/C32H33BrCl2N2O5/c1-31(2)11-21-28(23(38)13-31)27(29-22(37-21)12-32(3,4)14-24(29)39)16-8-18(33)30(25(9-16)41-5)42-15-26(40)36-17-6-7-19(34)20(35)10-17/h6-10,27,37H,11-15H2,1-5H3,(H,36,40). The van der Waals surface area contributed by atoms with Crippen molar-refractivity contribution >= 4 is 62.3 Å². The molecule has 1 aliphatic heterocycles. The molecule has 1 heterocycles. The molecule has 0 atom stereocenters. The number of allylic oxidation sites excluding steroid dienone is 4. The Morgan fingerprint density at radius 2 is 1.55 bits per heavy atom. The molecule has 222 valence electrons. The number of ether oxygens (including phenoxy) is 2. The van der Waals surface area contributed by atoms with Crippen molar-refractivity contribution in [2.75, 3.05) is 19.0 Å². The molecule has 2 N–H and O–H groups in total. The highest BCUT2D eigenvalue weighted by molar-refractivity contribution is 9.10. The monoisotopic (exact) mass is 674 g/mol. The van der Waals surface area contributed by atoms with Crippen LogP contribution in [-0.2, 0) is 14.4 Å². The summed E-state index contributed by atoms with van der Waals surface area (Å²) in [5, 5.41) is 6.97. The van der Waals surface area contributed by atoms with Crippen LogP contribution in [0.1, 0.15) is 64.9 Å². The minimum Gasteiger partial charge on any atom is -0.493 e. The number of amides is 1. The third-order valence-electron chi connectivity index (χ3n) is 7.86. The second kappa shape index (κ2) is 11.4. The van der Waals surface area contributed by atoms with Crippen molar-refractivity contribution < 1.29 is 23.9 Å². The van der Waals surface area contributed by atoms with Crippen LogP contribution >= 0.6 is 39.1 Å². The Bertz CT molecular complexity index is 1520. The summed E-state index contributed by atoms with van der Waals surface area (Å²) in [6.45, 7) is 8.07. The quantitative estimate of drug-likeness (QED) is 0.325. The van der Waals surface area contributed by atoms with Crippen molar-refractivity contribution in [3.05, 3.63) is 73.0 Å². The van der Waals surface area contributed by atoms with Crippen LogP contribution in [0.4, 0.5) is 5.69 Å². The zero-order chi connectivity index (χ0) is 30.6. The normalized spacial score (nSPS) is 19.6. The molecule has 5 rings (SSSR count). The average molecular weight is 676 g/mol. The fraction of sp³-hybridized carbons (Fsp3) is 0.406. The first-order chi connectivity index (χ1) is 19.7. The number of carbonyl (C=O) groups is 3. The van der Waals surface area contributed by atoms with Crippen LogP contribution in [0.25, 0.3) is 0 Å². The molecule has 2 aromatic carbocycles. The highest BCUT2D eigenvalue weighted by Crippen LogP contribution is 2.52. The molecular formula is C32H33BrCl2N2O5. The Morgan fingerprint density at radius 3 is 2.10 bits per heavy atom. The molecule has 10 heteroatoms. The fourth-order valence-electron chi connectivity index (χ4n) is 6.18. The van der Waals surface area contributed by atoms with Crippen LogP contribution in [0.15, 0.2) is 57.3 Å². The van der Waals surface area contributed by atoms with E-state index in [0.717, 1.165) is 17.0 Å². The van der Waals surface area contributed by atoms with Gasteiger partial charge in [0.2, 0.25) is 0 Å². The van der Waals surface area contributed by atoms with Crippen LogP contribution in [0, 0.1) is 10.8 Å². The number of benzene rings is 2. The van der Waals surface area contributed by atoms with E-state index in [1.54, 1.807) is 24.3 Å². The second-order valence-corrected chi connectivity index (χ2v) is 14.4. The Balaban J connectivity index is 1.49. The van der Waals surface area contributed by atoms with Gasteiger partial charge < -0.3 is 20.1 Å². The Hall–Kier alpha value is -2.81. The van der Waals surface area contributed by atoms with Gasteiger partial charge in [-0.15, -0.1) is 0 Å². The van der Waals surface area contributed by atoms with Gasteiger partial charge in [0.15, 0.2) is 29.7 Å². The van der Waals surface area contributed by atoms with Crippen LogP contribution in [0.5, 0.6) is 11.5 Å². The number of anilines is 1. The van der Waals surface area contributed by atoms with Gasteiger partial charge in [-0.2, -0.15) is 0 Å². The first-order valence-corrected chi connectivity index (χ1v) is 15.3. The molecule has 0 radical (unpaired) electrons. The first-order valence-electron chi connectivity index (χ1n) is 13.7. The molecule has 7 nitrogen and oxygen atoms in total. The SMILES string of the molecule is COc1cc(C2C3=C(CC(C)(C)CC3=O)NC3=C2C(=O)CC(C)(C)C3)cc(Br)c1OCC(=O)Nc1ccc(Cl)c(Cl)c1. The lowest BCUT2D eigenvalue weighted by Gasteiger charge is -2.44. The smallest absolute Gasteiger partial charge is 0.262 e. The van der Waals surface area contributed by atoms with Gasteiger partial charge in [-0.3, -0.25) is 14.4 Å². The Labute approximate surface area is 264 Å². The Kier molecular flexibility index (Phi) is 8.29. The van der Waals surface area contributed by atoms with Crippen molar-refractivity contribution in [1.82, 2.24) is 5.32 Å². The number of halogens is 3. The van der Waals surface area contributed by atoms with Crippen LogP contribution in [0.2, 0.25) is 10.0 Å². The molecule has 2 aromatic rings. The molecule has 0 saturated carbocycles. The van der Waals surface area contributed by atoms with Crippen LogP contribution in [-0.4, -0.2) is 31.2 Å². The fourth-order valence-corrected chi connectivity index (χ4v) is 7.05. The molecule has 0 fully saturated rings. The second-order valence-electron chi connectivity index (χ2n) is 12.7. The van der Waals surface area contributed by atoms with E-state index >= 15 is 0 Å². The van der Waals surface area contributed by atoms with Crippen molar-refractivity contribution in [3.63, 3.8) is 0 Å². The van der Waals surface area contributed by atoms with Gasteiger partial charge in [0.1, 0.15) is 0 Å². The number of dihydropyridines is 1. The number of hydrogen-bond donors (Lipinski definition) is 2. The summed E-state index contributed by atoms with van der Waals surface area (Å²) in [5.41, 5.74) is 3.92. The minimum atomic E-state index is -0.527. The zero-order valence-corrected chi connectivity index (χ0v) is 27.3. The van der Waals surface area contributed by atoms with Crippen molar-refractivity contribution in [2.24, 2.45) is 10.8 Å². The summed E-state index contributed by atoms with van der Waals surface area (Å²) < 4.78 is 12.1. The molecular weight excluding hydrogens is 643 g/mol. The first kappa shape index (κ1) is 30.6. The van der Waals surface area contributed by atoms with E-state index in [9.17, 15) is 14.4 Å². The Morgan fingerprint density at radius 1 is 0.952 bits per heavy atom. The number of methoxy groups -OCH3 is 1. The lowest BCUT2D eigenvalue weighted by molar-refractivity contribution is -0.119. The van der Waals surface area contributed by atoms with Gasteiger partial charge in [-0.25, -0.2) is 0 Å². The number of rotatable bonds is 6. The molecule has 1 amide bonds. The van der Waals surface area contributed by atoms with Gasteiger partial charge in [0.25, 0.3) is 5.91 Å². The van der Waals surface area contributed by atoms with Gasteiger partial charge in [-0.05, 0) is 75.5 Å². The van der Waals surface area contributed by atoms with E-state index in [4.69, 9.17) is 32.7 Å². The van der Waals surface area contributed by atoms with E-state index in [-0.39, 0.29) is 29.0 Å². The molecule has 2 aliphatic carbocycles. The van der Waals surface area contributed by atoms with Crippen molar-refractivity contribution in [1.29, 1.82) is 0 Å². The van der Waals surface area contributed by atoms with E-state index in [2.05, 4.69) is 54.3 Å². The third-order valence-corrected chi connectivity index (χ3v) is 9.18. The molecule has 42 heavy (non-hydrogen) atoms. The lowest BCUT2D eigenvalue weighted by Crippen LogP contribution is -2.42. The number of nitrogens with one attached hydrogen (secondary N) is 2. The largest absolute Gasteiger partial charge is 0.493 e. The minimum absolute atomic E-state index is 0.0392. The van der Waals surface area contributed by atoms with E-state index in [1.165, 1.54) is 7.11 Å². The van der Waals surface area contributed by atoms with E-state index < -0.39 is 11.8 Å². The van der Waals surface area contributed by atoms with Gasteiger partial charge in [0.05, 0.1) is 21.6 Å². The summed E-state index contributed by atoms with van der Waals surface area (Å²) in [6.07, 6.45) is 2.23. The summed E-state index contributed by atoms with van der Waals surface area (Å²) in [6, 6.07) is 8.43. The average Bonchev–Trinajstić information content (AvgIpc) is 2.87. The maximum Gasteiger partial charge on any atom is 0.262 e. The van der Waals surface area contributed by atoms with Crippen LogP contribution < -0.4 is 20.1 Å². The number of hydrogen-bond acceptors (Lipinski definition) is 6. The number of ketones is 2. The molecule has 0 bridgehead atoms. The summed E-state index contributed by atoms with van der Waals surface area (Å²) in [4.78, 5) is 39.9. The summed E-state index contributed by atoms with van der Waals surface area (Å²) in [7, 11) is 1.51. The molecule has 0 saturated heterocycles. The summed E-state index contributed by atoms with van der Waals surface area (Å²) in [5.74, 6) is -0.151. The van der Waals surface area contributed by atoms with Crippen molar-refractivity contribution in [3.8, 4) is 11.5 Å². The molecule has 0 unspecified atom stereocenters. The molecule has 3 aliphatic rings. The van der Waals surface area contributed by atoms with E-state index in [0.29, 0.717) is 68.5 Å². The lowest BCUT2D eigenvalue weighted by atomic mass is 9.64.